The van der Waals surface area contributed by atoms with E-state index < -0.39 is 11.7 Å². The van der Waals surface area contributed by atoms with Gasteiger partial charge in [-0.2, -0.15) is 11.3 Å². The van der Waals surface area contributed by atoms with Crippen LogP contribution < -0.4 is 5.32 Å². The Morgan fingerprint density at radius 3 is 2.89 bits per heavy atom. The molecule has 2 rings (SSSR count). The Kier molecular flexibility index (Phi) is 4.14. The maximum atomic E-state index is 13.7. The number of carbonyl (C=O) groups is 1. The lowest BCUT2D eigenvalue weighted by Gasteiger charge is -2.13. The van der Waals surface area contributed by atoms with Crippen LogP contribution in [0.3, 0.4) is 0 Å². The second-order valence-corrected chi connectivity index (χ2v) is 5.49. The van der Waals surface area contributed by atoms with Crippen molar-refractivity contribution < 1.29 is 9.18 Å². The normalized spacial score (nSPS) is 12.2. The average Bonchev–Trinajstić information content (AvgIpc) is 2.86. The van der Waals surface area contributed by atoms with Gasteiger partial charge in [0, 0.05) is 0 Å². The van der Waals surface area contributed by atoms with Gasteiger partial charge in [-0.3, -0.25) is 4.79 Å². The molecule has 1 heterocycles. The molecule has 0 saturated heterocycles. The summed E-state index contributed by atoms with van der Waals surface area (Å²) in [6.45, 7) is 1.87. The van der Waals surface area contributed by atoms with Crippen molar-refractivity contribution in [3.05, 3.63) is 56.4 Å². The number of carbonyl (C=O) groups excluding carboxylic acids is 1. The number of amides is 1. The van der Waals surface area contributed by atoms with Gasteiger partial charge in [-0.05, 0) is 57.4 Å². The zero-order chi connectivity index (χ0) is 13.1. The molecular formula is C13H11BrFNOS. The van der Waals surface area contributed by atoms with E-state index >= 15 is 0 Å². The third-order valence-corrected chi connectivity index (χ3v) is 3.90. The molecule has 0 aliphatic carbocycles. The number of rotatable bonds is 3. The smallest absolute Gasteiger partial charge is 0.254 e. The van der Waals surface area contributed by atoms with E-state index in [1.165, 1.54) is 6.07 Å². The van der Waals surface area contributed by atoms with Crippen molar-refractivity contribution in [2.24, 2.45) is 0 Å². The summed E-state index contributed by atoms with van der Waals surface area (Å²) in [5, 5.41) is 6.68. The van der Waals surface area contributed by atoms with E-state index in [1.54, 1.807) is 23.5 Å². The molecule has 1 atom stereocenters. The summed E-state index contributed by atoms with van der Waals surface area (Å²) in [6, 6.07) is 6.47. The van der Waals surface area contributed by atoms with E-state index in [1.807, 2.05) is 23.8 Å². The lowest BCUT2D eigenvalue weighted by atomic mass is 10.1. The SMILES string of the molecule is CC(NC(=O)c1cccc(Br)c1F)c1ccsc1. The average molecular weight is 328 g/mol. The predicted molar refractivity (Wildman–Crippen MR) is 74.3 cm³/mol. The van der Waals surface area contributed by atoms with Crippen molar-refractivity contribution in [1.82, 2.24) is 5.32 Å². The second kappa shape index (κ2) is 5.63. The van der Waals surface area contributed by atoms with Crippen molar-refractivity contribution in [2.75, 3.05) is 0 Å². The summed E-state index contributed by atoms with van der Waals surface area (Å²) in [5.74, 6) is -0.944. The van der Waals surface area contributed by atoms with Crippen molar-refractivity contribution in [3.63, 3.8) is 0 Å². The summed E-state index contributed by atoms with van der Waals surface area (Å²) in [5.41, 5.74) is 1.07. The van der Waals surface area contributed by atoms with Gasteiger partial charge in [0.2, 0.25) is 0 Å². The Morgan fingerprint density at radius 2 is 2.22 bits per heavy atom. The monoisotopic (exact) mass is 327 g/mol. The largest absolute Gasteiger partial charge is 0.345 e. The molecular weight excluding hydrogens is 317 g/mol. The molecule has 94 valence electrons. The predicted octanol–water partition coefficient (Wildman–Crippen LogP) is 4.14. The van der Waals surface area contributed by atoms with Crippen LogP contribution >= 0.6 is 27.3 Å². The Labute approximate surface area is 117 Å². The first-order valence-electron chi connectivity index (χ1n) is 5.36. The van der Waals surface area contributed by atoms with E-state index in [0.29, 0.717) is 4.47 Å². The number of hydrogen-bond donors (Lipinski definition) is 1. The molecule has 1 N–H and O–H groups in total. The Bertz CT molecular complexity index is 556. The molecule has 2 nitrogen and oxygen atoms in total. The first-order chi connectivity index (χ1) is 8.59. The van der Waals surface area contributed by atoms with Gasteiger partial charge in [0.15, 0.2) is 0 Å². The summed E-state index contributed by atoms with van der Waals surface area (Å²) in [7, 11) is 0. The molecule has 1 aromatic carbocycles. The molecule has 18 heavy (non-hydrogen) atoms. The molecule has 1 aromatic heterocycles. The van der Waals surface area contributed by atoms with Gasteiger partial charge in [0.25, 0.3) is 5.91 Å². The Hall–Kier alpha value is -1.20. The fourth-order valence-electron chi connectivity index (χ4n) is 1.56. The van der Waals surface area contributed by atoms with Gasteiger partial charge in [-0.1, -0.05) is 6.07 Å². The lowest BCUT2D eigenvalue weighted by Crippen LogP contribution is -2.27. The van der Waals surface area contributed by atoms with E-state index in [9.17, 15) is 9.18 Å². The van der Waals surface area contributed by atoms with Crippen LogP contribution in [-0.2, 0) is 0 Å². The van der Waals surface area contributed by atoms with Crippen LogP contribution in [0.1, 0.15) is 28.9 Å². The van der Waals surface area contributed by atoms with Crippen LogP contribution in [0.2, 0.25) is 0 Å². The molecule has 2 aromatic rings. The minimum atomic E-state index is -0.535. The van der Waals surface area contributed by atoms with Crippen LogP contribution in [0.15, 0.2) is 39.5 Å². The molecule has 0 bridgehead atoms. The standard InChI is InChI=1S/C13H11BrFNOS/c1-8(9-5-6-18-7-9)16-13(17)10-3-2-4-11(14)12(10)15/h2-8H,1H3,(H,16,17). The Morgan fingerprint density at radius 1 is 1.44 bits per heavy atom. The molecule has 0 aliphatic heterocycles. The summed E-state index contributed by atoms with van der Waals surface area (Å²) >= 11 is 4.63. The van der Waals surface area contributed by atoms with Gasteiger partial charge in [0.05, 0.1) is 16.1 Å². The first-order valence-corrected chi connectivity index (χ1v) is 7.10. The van der Waals surface area contributed by atoms with Gasteiger partial charge < -0.3 is 5.32 Å². The Balaban J connectivity index is 2.15. The maximum Gasteiger partial charge on any atom is 0.254 e. The minimum Gasteiger partial charge on any atom is -0.345 e. The fourth-order valence-corrected chi connectivity index (χ4v) is 2.68. The maximum absolute atomic E-state index is 13.7. The van der Waals surface area contributed by atoms with Crippen molar-refractivity contribution in [1.29, 1.82) is 0 Å². The zero-order valence-electron chi connectivity index (χ0n) is 9.61. The van der Waals surface area contributed by atoms with Crippen LogP contribution in [-0.4, -0.2) is 5.91 Å². The summed E-state index contributed by atoms with van der Waals surface area (Å²) in [4.78, 5) is 12.0. The molecule has 0 radical (unpaired) electrons. The number of benzene rings is 1. The number of halogens is 2. The highest BCUT2D eigenvalue weighted by molar-refractivity contribution is 9.10. The molecule has 0 aliphatic rings. The zero-order valence-corrected chi connectivity index (χ0v) is 12.0. The van der Waals surface area contributed by atoms with Crippen molar-refractivity contribution in [2.45, 2.75) is 13.0 Å². The third kappa shape index (κ3) is 2.79. The van der Waals surface area contributed by atoms with Gasteiger partial charge in [-0.15, -0.1) is 0 Å². The van der Waals surface area contributed by atoms with E-state index in [-0.39, 0.29) is 11.6 Å². The quantitative estimate of drug-likeness (QED) is 0.901. The highest BCUT2D eigenvalue weighted by atomic mass is 79.9. The molecule has 0 fully saturated rings. The highest BCUT2D eigenvalue weighted by Gasteiger charge is 2.16. The third-order valence-electron chi connectivity index (χ3n) is 2.59. The first kappa shape index (κ1) is 13.2. The van der Waals surface area contributed by atoms with Crippen LogP contribution in [0.4, 0.5) is 4.39 Å². The summed E-state index contributed by atoms with van der Waals surface area (Å²) in [6.07, 6.45) is 0. The number of thiophene rings is 1. The van der Waals surface area contributed by atoms with Crippen molar-refractivity contribution >= 4 is 33.2 Å². The minimum absolute atomic E-state index is 0.0476. The topological polar surface area (TPSA) is 29.1 Å². The van der Waals surface area contributed by atoms with Crippen LogP contribution in [0.25, 0.3) is 0 Å². The molecule has 1 amide bonds. The fraction of sp³-hybridized carbons (Fsp3) is 0.154. The molecule has 0 spiro atoms. The number of nitrogens with one attached hydrogen (secondary N) is 1. The van der Waals surface area contributed by atoms with Gasteiger partial charge in [-0.25, -0.2) is 4.39 Å². The van der Waals surface area contributed by atoms with E-state index in [2.05, 4.69) is 21.2 Å². The van der Waals surface area contributed by atoms with Crippen molar-refractivity contribution in [3.8, 4) is 0 Å². The lowest BCUT2D eigenvalue weighted by molar-refractivity contribution is 0.0935. The van der Waals surface area contributed by atoms with Gasteiger partial charge in [0.1, 0.15) is 5.82 Å². The van der Waals surface area contributed by atoms with Crippen LogP contribution in [0.5, 0.6) is 0 Å². The molecule has 1 unspecified atom stereocenters. The number of hydrogen-bond acceptors (Lipinski definition) is 2. The van der Waals surface area contributed by atoms with E-state index in [0.717, 1.165) is 5.56 Å². The van der Waals surface area contributed by atoms with E-state index in [4.69, 9.17) is 0 Å². The second-order valence-electron chi connectivity index (χ2n) is 3.85. The molecule has 0 saturated carbocycles. The van der Waals surface area contributed by atoms with Crippen LogP contribution in [0, 0.1) is 5.82 Å². The van der Waals surface area contributed by atoms with Gasteiger partial charge >= 0.3 is 0 Å². The molecule has 5 heteroatoms. The highest BCUT2D eigenvalue weighted by Crippen LogP contribution is 2.20. The summed E-state index contributed by atoms with van der Waals surface area (Å²) < 4.78 is 14.0.